The van der Waals surface area contributed by atoms with E-state index in [1.165, 1.54) is 0 Å². The molecule has 0 aromatic heterocycles. The second kappa shape index (κ2) is 6.65. The first kappa shape index (κ1) is 16.1. The van der Waals surface area contributed by atoms with Crippen LogP contribution in [0.3, 0.4) is 0 Å². The number of hydrogen-bond acceptors (Lipinski definition) is 2. The number of benzene rings is 2. The van der Waals surface area contributed by atoms with Crippen molar-refractivity contribution in [3.63, 3.8) is 0 Å². The third-order valence-electron chi connectivity index (χ3n) is 3.53. The first-order valence-electron chi connectivity index (χ1n) is 7.48. The van der Waals surface area contributed by atoms with E-state index in [2.05, 4.69) is 11.4 Å². The summed E-state index contributed by atoms with van der Waals surface area (Å²) in [5.41, 5.74) is 5.23. The number of amides is 1. The monoisotopic (exact) mass is 297 g/mol. The lowest BCUT2D eigenvalue weighted by Gasteiger charge is -2.17. The van der Waals surface area contributed by atoms with Crippen molar-refractivity contribution < 1.29 is 9.53 Å². The third kappa shape index (κ3) is 4.10. The normalized spacial score (nSPS) is 11.9. The molecule has 3 heteroatoms. The summed E-state index contributed by atoms with van der Waals surface area (Å²) >= 11 is 0. The molecular weight excluding hydrogens is 274 g/mol. The van der Waals surface area contributed by atoms with E-state index in [9.17, 15) is 4.79 Å². The van der Waals surface area contributed by atoms with Crippen LogP contribution in [0, 0.1) is 27.7 Å². The van der Waals surface area contributed by atoms with Crippen LogP contribution >= 0.6 is 0 Å². The van der Waals surface area contributed by atoms with E-state index in [-0.39, 0.29) is 5.91 Å². The molecule has 0 heterocycles. The Morgan fingerprint density at radius 3 is 2.23 bits per heavy atom. The van der Waals surface area contributed by atoms with E-state index in [0.29, 0.717) is 0 Å². The summed E-state index contributed by atoms with van der Waals surface area (Å²) in [6.45, 7) is 9.77. The quantitative estimate of drug-likeness (QED) is 0.912. The van der Waals surface area contributed by atoms with Crippen molar-refractivity contribution >= 4 is 11.6 Å². The number of aryl methyl sites for hydroxylation is 4. The molecule has 0 spiro atoms. The summed E-state index contributed by atoms with van der Waals surface area (Å²) in [6.07, 6.45) is -0.555. The third-order valence-corrected chi connectivity index (χ3v) is 3.53. The van der Waals surface area contributed by atoms with Gasteiger partial charge in [-0.05, 0) is 75.1 Å². The van der Waals surface area contributed by atoms with Gasteiger partial charge in [0.25, 0.3) is 5.91 Å². The Hall–Kier alpha value is -2.29. The number of anilines is 1. The fourth-order valence-electron chi connectivity index (χ4n) is 2.36. The zero-order valence-corrected chi connectivity index (χ0v) is 13.9. The molecule has 2 aromatic carbocycles. The van der Waals surface area contributed by atoms with Gasteiger partial charge in [-0.25, -0.2) is 0 Å². The summed E-state index contributed by atoms with van der Waals surface area (Å²) < 4.78 is 5.77. The minimum atomic E-state index is -0.555. The largest absolute Gasteiger partial charge is 0.481 e. The fraction of sp³-hybridized carbons (Fsp3) is 0.316. The molecule has 0 fully saturated rings. The van der Waals surface area contributed by atoms with Gasteiger partial charge in [-0.2, -0.15) is 0 Å². The predicted molar refractivity (Wildman–Crippen MR) is 90.6 cm³/mol. The van der Waals surface area contributed by atoms with E-state index in [1.54, 1.807) is 6.92 Å². The molecule has 3 nitrogen and oxygen atoms in total. The van der Waals surface area contributed by atoms with Gasteiger partial charge in [0.2, 0.25) is 0 Å². The van der Waals surface area contributed by atoms with Gasteiger partial charge in [0.15, 0.2) is 6.10 Å². The molecule has 0 aliphatic heterocycles. The van der Waals surface area contributed by atoms with E-state index >= 15 is 0 Å². The standard InChI is InChI=1S/C19H23NO2/c1-12-6-7-15(4)18(11-12)20-19(21)16(5)22-17-9-13(2)8-14(3)10-17/h6-11,16H,1-5H3,(H,20,21)/t16-/m1/s1. The van der Waals surface area contributed by atoms with Gasteiger partial charge in [0.1, 0.15) is 5.75 Å². The summed E-state index contributed by atoms with van der Waals surface area (Å²) in [5.74, 6) is 0.578. The van der Waals surface area contributed by atoms with Crippen LogP contribution in [0.15, 0.2) is 36.4 Å². The van der Waals surface area contributed by atoms with Gasteiger partial charge in [-0.1, -0.05) is 18.2 Å². The number of nitrogens with one attached hydrogen (secondary N) is 1. The second-order valence-corrected chi connectivity index (χ2v) is 5.89. The maximum Gasteiger partial charge on any atom is 0.265 e. The van der Waals surface area contributed by atoms with E-state index in [1.807, 2.05) is 58.0 Å². The smallest absolute Gasteiger partial charge is 0.265 e. The lowest BCUT2D eigenvalue weighted by Crippen LogP contribution is -2.30. The Labute approximate surface area is 132 Å². The molecule has 0 saturated heterocycles. The predicted octanol–water partition coefficient (Wildman–Crippen LogP) is 4.33. The van der Waals surface area contributed by atoms with Gasteiger partial charge < -0.3 is 10.1 Å². The lowest BCUT2D eigenvalue weighted by atomic mass is 10.1. The zero-order valence-electron chi connectivity index (χ0n) is 13.9. The Balaban J connectivity index is 2.07. The van der Waals surface area contributed by atoms with Crippen LogP contribution < -0.4 is 10.1 Å². The molecule has 0 saturated carbocycles. The molecule has 1 atom stereocenters. The molecule has 116 valence electrons. The number of hydrogen-bond donors (Lipinski definition) is 1. The Morgan fingerprint density at radius 1 is 0.955 bits per heavy atom. The second-order valence-electron chi connectivity index (χ2n) is 5.89. The van der Waals surface area contributed by atoms with Crippen LogP contribution in [0.4, 0.5) is 5.69 Å². The van der Waals surface area contributed by atoms with Crippen LogP contribution in [0.1, 0.15) is 29.2 Å². The number of ether oxygens (including phenoxy) is 1. The SMILES string of the molecule is Cc1cc(C)cc(O[C@H](C)C(=O)Nc2cc(C)ccc2C)c1. The van der Waals surface area contributed by atoms with Crippen LogP contribution in [-0.4, -0.2) is 12.0 Å². The average molecular weight is 297 g/mol. The number of carbonyl (C=O) groups excluding carboxylic acids is 1. The Bertz CT molecular complexity index is 672. The first-order valence-corrected chi connectivity index (χ1v) is 7.48. The number of rotatable bonds is 4. The zero-order chi connectivity index (χ0) is 16.3. The van der Waals surface area contributed by atoms with Crippen molar-refractivity contribution in [3.8, 4) is 5.75 Å². The van der Waals surface area contributed by atoms with Crippen LogP contribution in [0.25, 0.3) is 0 Å². The molecule has 0 aliphatic rings. The molecule has 1 amide bonds. The van der Waals surface area contributed by atoms with E-state index in [4.69, 9.17) is 4.74 Å². The van der Waals surface area contributed by atoms with Crippen molar-refractivity contribution in [2.24, 2.45) is 0 Å². The van der Waals surface area contributed by atoms with Gasteiger partial charge >= 0.3 is 0 Å². The fourth-order valence-corrected chi connectivity index (χ4v) is 2.36. The highest BCUT2D eigenvalue weighted by atomic mass is 16.5. The Morgan fingerprint density at radius 2 is 1.59 bits per heavy atom. The molecule has 1 N–H and O–H groups in total. The topological polar surface area (TPSA) is 38.3 Å². The molecule has 2 rings (SSSR count). The van der Waals surface area contributed by atoms with Gasteiger partial charge in [0, 0.05) is 5.69 Å². The van der Waals surface area contributed by atoms with Gasteiger partial charge in [-0.15, -0.1) is 0 Å². The molecule has 0 unspecified atom stereocenters. The molecule has 0 radical (unpaired) electrons. The highest BCUT2D eigenvalue weighted by molar-refractivity contribution is 5.94. The van der Waals surface area contributed by atoms with Crippen molar-refractivity contribution in [1.29, 1.82) is 0 Å². The van der Waals surface area contributed by atoms with Crippen LogP contribution in [0.5, 0.6) is 5.75 Å². The number of carbonyl (C=O) groups is 1. The van der Waals surface area contributed by atoms with Crippen molar-refractivity contribution in [2.45, 2.75) is 40.7 Å². The minimum absolute atomic E-state index is 0.146. The maximum atomic E-state index is 12.3. The minimum Gasteiger partial charge on any atom is -0.481 e. The first-order chi connectivity index (χ1) is 10.3. The van der Waals surface area contributed by atoms with Crippen LogP contribution in [-0.2, 0) is 4.79 Å². The van der Waals surface area contributed by atoms with Gasteiger partial charge in [-0.3, -0.25) is 4.79 Å². The highest BCUT2D eigenvalue weighted by Gasteiger charge is 2.16. The van der Waals surface area contributed by atoms with Gasteiger partial charge in [0.05, 0.1) is 0 Å². The molecule has 0 aliphatic carbocycles. The highest BCUT2D eigenvalue weighted by Crippen LogP contribution is 2.19. The summed E-state index contributed by atoms with van der Waals surface area (Å²) in [5, 5.41) is 2.94. The van der Waals surface area contributed by atoms with E-state index in [0.717, 1.165) is 33.7 Å². The average Bonchev–Trinajstić information content (AvgIpc) is 2.41. The van der Waals surface area contributed by atoms with E-state index < -0.39 is 6.10 Å². The summed E-state index contributed by atoms with van der Waals surface area (Å²) in [6, 6.07) is 12.0. The molecule has 2 aromatic rings. The summed E-state index contributed by atoms with van der Waals surface area (Å²) in [4.78, 5) is 12.3. The maximum absolute atomic E-state index is 12.3. The van der Waals surface area contributed by atoms with Crippen molar-refractivity contribution in [3.05, 3.63) is 58.7 Å². The molecular formula is C19H23NO2. The van der Waals surface area contributed by atoms with Crippen LogP contribution in [0.2, 0.25) is 0 Å². The molecule has 0 bridgehead atoms. The Kier molecular flexibility index (Phi) is 4.86. The molecule has 22 heavy (non-hydrogen) atoms. The lowest BCUT2D eigenvalue weighted by molar-refractivity contribution is -0.122. The van der Waals surface area contributed by atoms with Crippen molar-refractivity contribution in [1.82, 2.24) is 0 Å². The summed E-state index contributed by atoms with van der Waals surface area (Å²) in [7, 11) is 0. The van der Waals surface area contributed by atoms with Crippen molar-refractivity contribution in [2.75, 3.05) is 5.32 Å².